The largest absolute Gasteiger partial charge is 0.451 e. The zero-order chi connectivity index (χ0) is 17.1. The molecule has 0 bridgehead atoms. The van der Waals surface area contributed by atoms with Crippen molar-refractivity contribution in [3.63, 3.8) is 0 Å². The van der Waals surface area contributed by atoms with Crippen LogP contribution in [0.5, 0.6) is 0 Å². The van der Waals surface area contributed by atoms with E-state index in [-0.39, 0.29) is 24.2 Å². The molecule has 0 unspecified atom stereocenters. The summed E-state index contributed by atoms with van der Waals surface area (Å²) in [5, 5.41) is 7.10. The molecule has 0 radical (unpaired) electrons. The lowest BCUT2D eigenvalue weighted by atomic mass is 10.0. The maximum atomic E-state index is 12.4. The van der Waals surface area contributed by atoms with Gasteiger partial charge in [0.2, 0.25) is 0 Å². The Morgan fingerprint density at radius 1 is 1.29 bits per heavy atom. The molecule has 1 N–H and O–H groups in total. The fourth-order valence-electron chi connectivity index (χ4n) is 2.79. The van der Waals surface area contributed by atoms with Crippen LogP contribution in [-0.4, -0.2) is 40.1 Å². The van der Waals surface area contributed by atoms with Crippen molar-refractivity contribution in [1.29, 1.82) is 0 Å². The maximum absolute atomic E-state index is 12.4. The van der Waals surface area contributed by atoms with Crippen LogP contribution in [0, 0.1) is 0 Å². The lowest BCUT2D eigenvalue weighted by molar-refractivity contribution is -0.135. The van der Waals surface area contributed by atoms with Gasteiger partial charge in [0.25, 0.3) is 5.91 Å². The third-order valence-corrected chi connectivity index (χ3v) is 4.69. The summed E-state index contributed by atoms with van der Waals surface area (Å²) in [5.74, 6) is -0.845. The summed E-state index contributed by atoms with van der Waals surface area (Å²) in [5.41, 5.74) is 1.14. The standard InChI is InChI=1S/C16H15Cl2N3O3/c17-11-4-3-10(8-12(11)18)14-2-1-7-21(14)15(22)9-24-16(23)13-5-6-19-20-13/h3-6,8,14H,1-2,7,9H2,(H,19,20)/t14-/m1/s1. The van der Waals surface area contributed by atoms with Gasteiger partial charge in [-0.05, 0) is 36.6 Å². The van der Waals surface area contributed by atoms with Crippen LogP contribution in [0.15, 0.2) is 30.5 Å². The number of hydrogen-bond donors (Lipinski definition) is 1. The first-order valence-electron chi connectivity index (χ1n) is 7.47. The molecule has 1 aromatic heterocycles. The SMILES string of the molecule is O=C(OCC(=O)N1CCC[C@@H]1c1ccc(Cl)c(Cl)c1)c1ccn[nH]1. The van der Waals surface area contributed by atoms with Crippen molar-refractivity contribution < 1.29 is 14.3 Å². The molecule has 8 heteroatoms. The lowest BCUT2D eigenvalue weighted by Crippen LogP contribution is -2.34. The number of halogens is 2. The van der Waals surface area contributed by atoms with Gasteiger partial charge in [-0.2, -0.15) is 5.10 Å². The van der Waals surface area contributed by atoms with Crippen LogP contribution in [0.25, 0.3) is 0 Å². The van der Waals surface area contributed by atoms with Crippen LogP contribution >= 0.6 is 23.2 Å². The van der Waals surface area contributed by atoms with E-state index in [0.717, 1.165) is 18.4 Å². The fourth-order valence-corrected chi connectivity index (χ4v) is 3.10. The second-order valence-electron chi connectivity index (χ2n) is 5.47. The Bertz CT molecular complexity index is 749. The van der Waals surface area contributed by atoms with Gasteiger partial charge in [0.15, 0.2) is 6.61 Å². The van der Waals surface area contributed by atoms with Gasteiger partial charge in [-0.15, -0.1) is 0 Å². The van der Waals surface area contributed by atoms with Gasteiger partial charge in [-0.25, -0.2) is 4.79 Å². The summed E-state index contributed by atoms with van der Waals surface area (Å²) < 4.78 is 5.04. The van der Waals surface area contributed by atoms with Crippen LogP contribution in [0.4, 0.5) is 0 Å². The molecule has 0 saturated carbocycles. The molecule has 1 fully saturated rings. The number of amides is 1. The lowest BCUT2D eigenvalue weighted by Gasteiger charge is -2.25. The first-order valence-corrected chi connectivity index (χ1v) is 8.23. The van der Waals surface area contributed by atoms with Gasteiger partial charge in [0.05, 0.1) is 16.1 Å². The minimum absolute atomic E-state index is 0.0851. The van der Waals surface area contributed by atoms with E-state index in [1.807, 2.05) is 6.07 Å². The molecule has 1 amide bonds. The number of H-pyrrole nitrogens is 1. The van der Waals surface area contributed by atoms with E-state index in [1.165, 1.54) is 12.3 Å². The molecule has 24 heavy (non-hydrogen) atoms. The number of nitrogens with zero attached hydrogens (tertiary/aromatic N) is 2. The summed E-state index contributed by atoms with van der Waals surface area (Å²) in [6.07, 6.45) is 3.16. The number of aromatic nitrogens is 2. The zero-order valence-electron chi connectivity index (χ0n) is 12.7. The van der Waals surface area contributed by atoms with Crippen molar-refractivity contribution in [2.45, 2.75) is 18.9 Å². The van der Waals surface area contributed by atoms with Crippen molar-refractivity contribution in [3.05, 3.63) is 51.8 Å². The highest BCUT2D eigenvalue weighted by atomic mass is 35.5. The van der Waals surface area contributed by atoms with E-state index in [4.69, 9.17) is 27.9 Å². The van der Waals surface area contributed by atoms with Crippen molar-refractivity contribution in [2.24, 2.45) is 0 Å². The molecule has 1 aliphatic heterocycles. The molecular formula is C16H15Cl2N3O3. The molecule has 1 saturated heterocycles. The van der Waals surface area contributed by atoms with Gasteiger partial charge in [0.1, 0.15) is 5.69 Å². The van der Waals surface area contributed by atoms with E-state index in [1.54, 1.807) is 17.0 Å². The molecule has 3 rings (SSSR count). The third kappa shape index (κ3) is 3.55. The molecule has 0 aliphatic carbocycles. The highest BCUT2D eigenvalue weighted by Crippen LogP contribution is 2.34. The quantitative estimate of drug-likeness (QED) is 0.841. The van der Waals surface area contributed by atoms with Gasteiger partial charge in [-0.1, -0.05) is 29.3 Å². The number of esters is 1. The third-order valence-electron chi connectivity index (χ3n) is 3.95. The van der Waals surface area contributed by atoms with Crippen LogP contribution in [-0.2, 0) is 9.53 Å². The number of benzene rings is 1. The Morgan fingerprint density at radius 3 is 2.83 bits per heavy atom. The summed E-state index contributed by atoms with van der Waals surface area (Å²) in [6, 6.07) is 6.76. The first-order chi connectivity index (χ1) is 11.6. The van der Waals surface area contributed by atoms with Gasteiger partial charge in [-0.3, -0.25) is 9.89 Å². The predicted molar refractivity (Wildman–Crippen MR) is 89.0 cm³/mol. The number of ether oxygens (including phenoxy) is 1. The number of carbonyl (C=O) groups is 2. The highest BCUT2D eigenvalue weighted by Gasteiger charge is 2.30. The fraction of sp³-hybridized carbons (Fsp3) is 0.312. The average Bonchev–Trinajstić information content (AvgIpc) is 3.26. The number of likely N-dealkylation sites (tertiary alicyclic amines) is 1. The Balaban J connectivity index is 1.65. The topological polar surface area (TPSA) is 75.3 Å². The van der Waals surface area contributed by atoms with Crippen molar-refractivity contribution in [2.75, 3.05) is 13.2 Å². The Hall–Kier alpha value is -2.05. The van der Waals surface area contributed by atoms with Crippen LogP contribution in [0.1, 0.15) is 34.9 Å². The smallest absolute Gasteiger partial charge is 0.356 e. The monoisotopic (exact) mass is 367 g/mol. The molecule has 1 aromatic carbocycles. The number of nitrogens with one attached hydrogen (secondary N) is 1. The van der Waals surface area contributed by atoms with Crippen LogP contribution in [0.2, 0.25) is 10.0 Å². The predicted octanol–water partition coefficient (Wildman–Crippen LogP) is 3.24. The van der Waals surface area contributed by atoms with Gasteiger partial charge < -0.3 is 9.64 Å². The summed E-state index contributed by atoms with van der Waals surface area (Å²) in [4.78, 5) is 25.9. The minimum Gasteiger partial charge on any atom is -0.451 e. The molecule has 2 heterocycles. The second-order valence-corrected chi connectivity index (χ2v) is 6.28. The first kappa shape index (κ1) is 16.8. The van der Waals surface area contributed by atoms with E-state index in [2.05, 4.69) is 10.2 Å². The summed E-state index contributed by atoms with van der Waals surface area (Å²) in [7, 11) is 0. The molecule has 0 spiro atoms. The van der Waals surface area contributed by atoms with E-state index >= 15 is 0 Å². The van der Waals surface area contributed by atoms with Crippen LogP contribution in [0.3, 0.4) is 0 Å². The van der Waals surface area contributed by atoms with Crippen molar-refractivity contribution in [1.82, 2.24) is 15.1 Å². The maximum Gasteiger partial charge on any atom is 0.356 e. The van der Waals surface area contributed by atoms with Crippen molar-refractivity contribution in [3.8, 4) is 0 Å². The summed E-state index contributed by atoms with van der Waals surface area (Å²) in [6.45, 7) is 0.307. The number of rotatable bonds is 4. The van der Waals surface area contributed by atoms with E-state index in [9.17, 15) is 9.59 Å². The zero-order valence-corrected chi connectivity index (χ0v) is 14.2. The molecule has 1 atom stereocenters. The summed E-state index contributed by atoms with van der Waals surface area (Å²) >= 11 is 12.0. The second kappa shape index (κ2) is 7.23. The number of hydrogen-bond acceptors (Lipinski definition) is 4. The van der Waals surface area contributed by atoms with Crippen LogP contribution < -0.4 is 0 Å². The Morgan fingerprint density at radius 2 is 2.12 bits per heavy atom. The Kier molecular flexibility index (Phi) is 5.06. The minimum atomic E-state index is -0.605. The highest BCUT2D eigenvalue weighted by molar-refractivity contribution is 6.42. The molecule has 1 aliphatic rings. The van der Waals surface area contributed by atoms with E-state index < -0.39 is 5.97 Å². The normalized spacial score (nSPS) is 17.1. The molecule has 2 aromatic rings. The molecular weight excluding hydrogens is 353 g/mol. The molecule has 6 nitrogen and oxygen atoms in total. The van der Waals surface area contributed by atoms with Crippen molar-refractivity contribution >= 4 is 35.1 Å². The van der Waals surface area contributed by atoms with Gasteiger partial charge >= 0.3 is 5.97 Å². The molecule has 126 valence electrons. The van der Waals surface area contributed by atoms with Gasteiger partial charge in [0, 0.05) is 12.7 Å². The number of carbonyl (C=O) groups excluding carboxylic acids is 2. The average molecular weight is 368 g/mol. The Labute approximate surface area is 148 Å². The van der Waals surface area contributed by atoms with E-state index in [0.29, 0.717) is 16.6 Å². The number of aromatic amines is 1.